The van der Waals surface area contributed by atoms with Crippen LogP contribution in [0.25, 0.3) is 11.3 Å². The summed E-state index contributed by atoms with van der Waals surface area (Å²) in [5.41, 5.74) is 2.77. The molecule has 1 N–H and O–H groups in total. The highest BCUT2D eigenvalue weighted by Gasteiger charge is 2.13. The van der Waals surface area contributed by atoms with Crippen LogP contribution in [0.5, 0.6) is 0 Å². The van der Waals surface area contributed by atoms with E-state index in [9.17, 15) is 4.79 Å². The predicted molar refractivity (Wildman–Crippen MR) is 103 cm³/mol. The molecular weight excluding hydrogens is 348 g/mol. The van der Waals surface area contributed by atoms with Crippen molar-refractivity contribution in [2.45, 2.75) is 32.2 Å². The van der Waals surface area contributed by atoms with Crippen LogP contribution >= 0.6 is 11.6 Å². The van der Waals surface area contributed by atoms with E-state index in [1.54, 1.807) is 18.2 Å². The maximum atomic E-state index is 12.2. The standard InChI is InChI=1S/C21H21ClN2O2/c1-15(7-8-16-5-3-2-4-6-16)23-21(25)14-19-13-20(26-24-19)17-9-11-18(22)12-10-17/h2-6,9-13,15H,7-8,14H2,1H3,(H,23,25). The summed E-state index contributed by atoms with van der Waals surface area (Å²) in [6.07, 6.45) is 2.03. The zero-order valence-electron chi connectivity index (χ0n) is 14.6. The van der Waals surface area contributed by atoms with Gasteiger partial charge < -0.3 is 9.84 Å². The van der Waals surface area contributed by atoms with E-state index in [4.69, 9.17) is 16.1 Å². The fourth-order valence-electron chi connectivity index (χ4n) is 2.74. The highest BCUT2D eigenvalue weighted by molar-refractivity contribution is 6.30. The number of rotatable bonds is 7. The molecule has 1 heterocycles. The number of carbonyl (C=O) groups is 1. The minimum atomic E-state index is -0.0542. The molecule has 0 radical (unpaired) electrons. The van der Waals surface area contributed by atoms with Crippen LogP contribution in [0.4, 0.5) is 0 Å². The summed E-state index contributed by atoms with van der Waals surface area (Å²) in [5, 5.41) is 7.67. The third kappa shape index (κ3) is 5.20. The summed E-state index contributed by atoms with van der Waals surface area (Å²) in [4.78, 5) is 12.2. The van der Waals surface area contributed by atoms with Crippen molar-refractivity contribution in [1.29, 1.82) is 0 Å². The van der Waals surface area contributed by atoms with Gasteiger partial charge in [0.1, 0.15) is 0 Å². The third-order valence-corrected chi connectivity index (χ3v) is 4.40. The Morgan fingerprint density at radius 2 is 1.88 bits per heavy atom. The predicted octanol–water partition coefficient (Wildman–Crippen LogP) is 4.68. The zero-order valence-corrected chi connectivity index (χ0v) is 15.4. The first kappa shape index (κ1) is 18.2. The first-order valence-electron chi connectivity index (χ1n) is 8.65. The fraction of sp³-hybridized carbons (Fsp3) is 0.238. The molecule has 0 spiro atoms. The lowest BCUT2D eigenvalue weighted by molar-refractivity contribution is -0.121. The van der Waals surface area contributed by atoms with Crippen LogP contribution in [0, 0.1) is 0 Å². The van der Waals surface area contributed by atoms with Gasteiger partial charge in [0.05, 0.1) is 12.1 Å². The number of carbonyl (C=O) groups excluding carboxylic acids is 1. The van der Waals surface area contributed by atoms with Gasteiger partial charge in [0, 0.05) is 22.7 Å². The third-order valence-electron chi connectivity index (χ3n) is 4.15. The first-order chi connectivity index (χ1) is 12.6. The van der Waals surface area contributed by atoms with E-state index in [2.05, 4.69) is 22.6 Å². The average molecular weight is 369 g/mol. The fourth-order valence-corrected chi connectivity index (χ4v) is 2.86. The summed E-state index contributed by atoms with van der Waals surface area (Å²) in [6, 6.07) is 19.5. The Kier molecular flexibility index (Phi) is 6.08. The van der Waals surface area contributed by atoms with Crippen LogP contribution in [0.15, 0.2) is 65.2 Å². The van der Waals surface area contributed by atoms with Gasteiger partial charge in [-0.2, -0.15) is 0 Å². The molecule has 26 heavy (non-hydrogen) atoms. The number of hydrogen-bond donors (Lipinski definition) is 1. The number of aromatic nitrogens is 1. The van der Waals surface area contributed by atoms with E-state index < -0.39 is 0 Å². The second-order valence-corrected chi connectivity index (χ2v) is 6.80. The molecular formula is C21H21ClN2O2. The summed E-state index contributed by atoms with van der Waals surface area (Å²) < 4.78 is 5.33. The van der Waals surface area contributed by atoms with Gasteiger partial charge in [-0.25, -0.2) is 0 Å². The van der Waals surface area contributed by atoms with E-state index in [1.165, 1.54) is 5.56 Å². The van der Waals surface area contributed by atoms with Crippen molar-refractivity contribution in [2.24, 2.45) is 0 Å². The topological polar surface area (TPSA) is 55.1 Å². The van der Waals surface area contributed by atoms with E-state index in [0.717, 1.165) is 18.4 Å². The number of halogens is 1. The molecule has 0 aliphatic carbocycles. The summed E-state index contributed by atoms with van der Waals surface area (Å²) in [7, 11) is 0. The van der Waals surface area contributed by atoms with Crippen molar-refractivity contribution >= 4 is 17.5 Å². The van der Waals surface area contributed by atoms with Gasteiger partial charge >= 0.3 is 0 Å². The van der Waals surface area contributed by atoms with E-state index >= 15 is 0 Å². The molecule has 0 fully saturated rings. The molecule has 1 aromatic heterocycles. The number of hydrogen-bond acceptors (Lipinski definition) is 3. The second-order valence-electron chi connectivity index (χ2n) is 6.36. The van der Waals surface area contributed by atoms with Gasteiger partial charge in [-0.1, -0.05) is 47.1 Å². The number of nitrogens with zero attached hydrogens (tertiary/aromatic N) is 1. The van der Waals surface area contributed by atoms with Crippen molar-refractivity contribution in [3.63, 3.8) is 0 Å². The molecule has 134 valence electrons. The van der Waals surface area contributed by atoms with E-state index in [-0.39, 0.29) is 18.4 Å². The smallest absolute Gasteiger partial charge is 0.226 e. The molecule has 5 heteroatoms. The van der Waals surface area contributed by atoms with Crippen LogP contribution in [-0.2, 0) is 17.6 Å². The van der Waals surface area contributed by atoms with Gasteiger partial charge in [-0.3, -0.25) is 4.79 Å². The van der Waals surface area contributed by atoms with Crippen molar-refractivity contribution < 1.29 is 9.32 Å². The van der Waals surface area contributed by atoms with Gasteiger partial charge in [0.2, 0.25) is 5.91 Å². The minimum Gasteiger partial charge on any atom is -0.356 e. The molecule has 0 aliphatic heterocycles. The van der Waals surface area contributed by atoms with Crippen molar-refractivity contribution in [3.05, 3.63) is 76.9 Å². The Labute approximate surface area is 158 Å². The van der Waals surface area contributed by atoms with E-state index in [0.29, 0.717) is 16.5 Å². The summed E-state index contributed by atoms with van der Waals surface area (Å²) in [5.74, 6) is 0.572. The molecule has 1 amide bonds. The molecule has 0 saturated heterocycles. The number of aryl methyl sites for hydroxylation is 1. The molecule has 1 atom stereocenters. The van der Waals surface area contributed by atoms with Gasteiger partial charge in [-0.15, -0.1) is 0 Å². The van der Waals surface area contributed by atoms with Crippen molar-refractivity contribution in [1.82, 2.24) is 10.5 Å². The summed E-state index contributed by atoms with van der Waals surface area (Å²) in [6.45, 7) is 2.02. The maximum absolute atomic E-state index is 12.2. The van der Waals surface area contributed by atoms with Crippen molar-refractivity contribution in [2.75, 3.05) is 0 Å². The van der Waals surface area contributed by atoms with Gasteiger partial charge in [0.15, 0.2) is 5.76 Å². The average Bonchev–Trinajstić information content (AvgIpc) is 3.09. The Balaban J connectivity index is 1.49. The molecule has 4 nitrogen and oxygen atoms in total. The monoisotopic (exact) mass is 368 g/mol. The van der Waals surface area contributed by atoms with Gasteiger partial charge in [0.25, 0.3) is 0 Å². The van der Waals surface area contributed by atoms with Gasteiger partial charge in [-0.05, 0) is 49.6 Å². The highest BCUT2D eigenvalue weighted by Crippen LogP contribution is 2.22. The molecule has 2 aromatic carbocycles. The first-order valence-corrected chi connectivity index (χ1v) is 9.03. The Morgan fingerprint density at radius 1 is 1.15 bits per heavy atom. The lowest BCUT2D eigenvalue weighted by Gasteiger charge is -2.13. The van der Waals surface area contributed by atoms with Crippen LogP contribution in [-0.4, -0.2) is 17.1 Å². The Hall–Kier alpha value is -2.59. The van der Waals surface area contributed by atoms with Crippen LogP contribution in [0.2, 0.25) is 5.02 Å². The van der Waals surface area contributed by atoms with Crippen LogP contribution < -0.4 is 5.32 Å². The zero-order chi connectivity index (χ0) is 18.4. The highest BCUT2D eigenvalue weighted by atomic mass is 35.5. The lowest BCUT2D eigenvalue weighted by atomic mass is 10.1. The van der Waals surface area contributed by atoms with Crippen LogP contribution in [0.1, 0.15) is 24.6 Å². The van der Waals surface area contributed by atoms with Crippen LogP contribution in [0.3, 0.4) is 0 Å². The molecule has 0 aliphatic rings. The molecule has 0 saturated carbocycles. The molecule has 0 bridgehead atoms. The number of nitrogens with one attached hydrogen (secondary N) is 1. The SMILES string of the molecule is CC(CCc1ccccc1)NC(=O)Cc1cc(-c2ccc(Cl)cc2)on1. The second kappa shape index (κ2) is 8.68. The van der Waals surface area contributed by atoms with Crippen molar-refractivity contribution in [3.8, 4) is 11.3 Å². The quantitative estimate of drug-likeness (QED) is 0.659. The largest absolute Gasteiger partial charge is 0.356 e. The maximum Gasteiger partial charge on any atom is 0.226 e. The van der Waals surface area contributed by atoms with E-state index in [1.807, 2.05) is 37.3 Å². The summed E-state index contributed by atoms with van der Waals surface area (Å²) >= 11 is 5.89. The Bertz CT molecular complexity index is 844. The molecule has 3 aromatic rings. The number of amides is 1. The minimum absolute atomic E-state index is 0.0542. The lowest BCUT2D eigenvalue weighted by Crippen LogP contribution is -2.34. The Morgan fingerprint density at radius 3 is 2.62 bits per heavy atom. The normalized spacial score (nSPS) is 11.9. The molecule has 3 rings (SSSR count). The number of benzene rings is 2. The molecule has 1 unspecified atom stereocenters.